The van der Waals surface area contributed by atoms with Crippen LogP contribution in [0.1, 0.15) is 12.6 Å². The molecule has 0 radical (unpaired) electrons. The number of hydrogen-bond acceptors (Lipinski definition) is 6. The fraction of sp³-hybridized carbons (Fsp3) is 0.545. The highest BCUT2D eigenvalue weighted by molar-refractivity contribution is 5.23. The third-order valence-corrected chi connectivity index (χ3v) is 3.18. The van der Waals surface area contributed by atoms with Crippen LogP contribution in [0.25, 0.3) is 4.85 Å². The van der Waals surface area contributed by atoms with E-state index in [1.807, 2.05) is 0 Å². The van der Waals surface area contributed by atoms with Crippen LogP contribution in [0.4, 0.5) is 5.82 Å². The summed E-state index contributed by atoms with van der Waals surface area (Å²) in [6.07, 6.45) is -0.292. The van der Waals surface area contributed by atoms with Gasteiger partial charge >= 0.3 is 5.69 Å². The Kier molecular flexibility index (Phi) is 3.53. The van der Waals surface area contributed by atoms with Gasteiger partial charge in [-0.1, -0.05) is 0 Å². The van der Waals surface area contributed by atoms with Gasteiger partial charge in [-0.2, -0.15) is 4.98 Å². The molecule has 0 aromatic carbocycles. The van der Waals surface area contributed by atoms with E-state index in [-0.39, 0.29) is 18.8 Å². The van der Waals surface area contributed by atoms with Crippen molar-refractivity contribution in [2.45, 2.75) is 24.4 Å². The van der Waals surface area contributed by atoms with Gasteiger partial charge in [0.2, 0.25) is 6.54 Å². The lowest BCUT2D eigenvalue weighted by Crippen LogP contribution is -2.45. The second-order valence-electron chi connectivity index (χ2n) is 4.41. The summed E-state index contributed by atoms with van der Waals surface area (Å²) in [5, 5.41) is 19.3. The van der Waals surface area contributed by atoms with Crippen LogP contribution in [0, 0.1) is 6.57 Å². The van der Waals surface area contributed by atoms with Crippen molar-refractivity contribution in [2.75, 3.05) is 18.9 Å². The molecular formula is C11H14N4O4. The molecular weight excluding hydrogens is 252 g/mol. The monoisotopic (exact) mass is 266 g/mol. The first-order chi connectivity index (χ1) is 9.02. The maximum atomic E-state index is 11.7. The quantitative estimate of drug-likeness (QED) is 0.589. The number of nitrogens with two attached hydrogens (primary N) is 1. The van der Waals surface area contributed by atoms with E-state index in [2.05, 4.69) is 9.83 Å². The fourth-order valence-corrected chi connectivity index (χ4v) is 2.09. The minimum absolute atomic E-state index is 0.0920. The summed E-state index contributed by atoms with van der Waals surface area (Å²) >= 11 is 0. The van der Waals surface area contributed by atoms with Crippen molar-refractivity contribution in [3.05, 3.63) is 34.2 Å². The summed E-state index contributed by atoms with van der Waals surface area (Å²) in [6, 6.07) is 1.44. The van der Waals surface area contributed by atoms with Gasteiger partial charge in [-0.25, -0.2) is 11.4 Å². The van der Waals surface area contributed by atoms with E-state index in [9.17, 15) is 15.0 Å². The zero-order valence-electron chi connectivity index (χ0n) is 10.1. The van der Waals surface area contributed by atoms with E-state index < -0.39 is 30.2 Å². The van der Waals surface area contributed by atoms with Crippen LogP contribution in [-0.4, -0.2) is 44.6 Å². The van der Waals surface area contributed by atoms with Gasteiger partial charge < -0.3 is 25.5 Å². The van der Waals surface area contributed by atoms with E-state index >= 15 is 0 Å². The molecule has 1 aromatic heterocycles. The highest BCUT2D eigenvalue weighted by Crippen LogP contribution is 2.36. The molecule has 0 unspecified atom stereocenters. The zero-order chi connectivity index (χ0) is 14.0. The smallest absolute Gasteiger partial charge is 0.351 e. The van der Waals surface area contributed by atoms with Crippen molar-refractivity contribution < 1.29 is 14.9 Å². The number of nitrogen functional groups attached to an aromatic ring is 1. The summed E-state index contributed by atoms with van der Waals surface area (Å²) in [4.78, 5) is 18.4. The second kappa shape index (κ2) is 4.97. The van der Waals surface area contributed by atoms with E-state index in [4.69, 9.17) is 17.0 Å². The van der Waals surface area contributed by atoms with Gasteiger partial charge in [-0.15, -0.1) is 0 Å². The van der Waals surface area contributed by atoms with Crippen LogP contribution >= 0.6 is 0 Å². The number of aliphatic hydroxyl groups excluding tert-OH is 2. The number of nitrogens with zero attached hydrogens (tertiary/aromatic N) is 3. The Morgan fingerprint density at radius 1 is 1.74 bits per heavy atom. The summed E-state index contributed by atoms with van der Waals surface area (Å²) in [6.45, 7) is 6.17. The van der Waals surface area contributed by atoms with E-state index in [0.29, 0.717) is 0 Å². The number of rotatable bonds is 3. The predicted molar refractivity (Wildman–Crippen MR) is 64.9 cm³/mol. The van der Waals surface area contributed by atoms with Gasteiger partial charge in [-0.3, -0.25) is 4.57 Å². The molecule has 0 saturated carbocycles. The summed E-state index contributed by atoms with van der Waals surface area (Å²) < 4.78 is 6.71. The molecule has 19 heavy (non-hydrogen) atoms. The Bertz CT molecular complexity index is 567. The Morgan fingerprint density at radius 3 is 3.05 bits per heavy atom. The first-order valence-corrected chi connectivity index (χ1v) is 5.67. The molecule has 1 aliphatic heterocycles. The van der Waals surface area contributed by atoms with E-state index in [1.165, 1.54) is 16.8 Å². The van der Waals surface area contributed by atoms with Gasteiger partial charge in [0.05, 0.1) is 12.7 Å². The van der Waals surface area contributed by atoms with Crippen molar-refractivity contribution in [1.82, 2.24) is 9.55 Å². The van der Waals surface area contributed by atoms with Crippen LogP contribution in [0.15, 0.2) is 17.1 Å². The molecule has 8 nitrogen and oxygen atoms in total. The molecule has 0 bridgehead atoms. The molecule has 102 valence electrons. The highest BCUT2D eigenvalue weighted by atomic mass is 16.6. The largest absolute Gasteiger partial charge is 0.393 e. The molecule has 2 heterocycles. The van der Waals surface area contributed by atoms with Crippen LogP contribution in [0.3, 0.4) is 0 Å². The van der Waals surface area contributed by atoms with Gasteiger partial charge in [0, 0.05) is 12.6 Å². The van der Waals surface area contributed by atoms with E-state index in [0.717, 1.165) is 0 Å². The summed E-state index contributed by atoms with van der Waals surface area (Å²) in [7, 11) is 0. The molecule has 0 spiro atoms. The standard InChI is InChI=1S/C11H14N4O4/c1-13-5-11(6-16)7(17)4-9(19-11)15-3-2-8(12)14-10(15)18/h2-3,7,9,16-17H,4-6H2,(H2,12,14,18)/t7-,9+,11+/m0/s1. The normalized spacial score (nSPS) is 30.2. The van der Waals surface area contributed by atoms with Gasteiger partial charge in [0.25, 0.3) is 0 Å². The molecule has 1 aromatic rings. The molecule has 2 rings (SSSR count). The topological polar surface area (TPSA) is 115 Å². The van der Waals surface area contributed by atoms with Gasteiger partial charge in [-0.05, 0) is 6.07 Å². The maximum absolute atomic E-state index is 11.7. The summed E-state index contributed by atoms with van der Waals surface area (Å²) in [5.74, 6) is 0.0920. The molecule has 1 aliphatic rings. The number of aliphatic hydroxyl groups is 2. The lowest BCUT2D eigenvalue weighted by atomic mass is 9.98. The first kappa shape index (κ1) is 13.5. The third-order valence-electron chi connectivity index (χ3n) is 3.18. The SMILES string of the molecule is [C-]#[N+]C[C@]1(CO)O[C@@H](n2ccc(N)nc2=O)C[C@@H]1O. The number of ether oxygens (including phenoxy) is 1. The van der Waals surface area contributed by atoms with E-state index in [1.54, 1.807) is 0 Å². The van der Waals surface area contributed by atoms with Crippen LogP contribution < -0.4 is 11.4 Å². The minimum Gasteiger partial charge on any atom is -0.393 e. The van der Waals surface area contributed by atoms with Crippen molar-refractivity contribution in [3.8, 4) is 0 Å². The van der Waals surface area contributed by atoms with Crippen molar-refractivity contribution in [3.63, 3.8) is 0 Å². The molecule has 1 fully saturated rings. The van der Waals surface area contributed by atoms with Crippen molar-refractivity contribution in [2.24, 2.45) is 0 Å². The molecule has 8 heteroatoms. The molecule has 1 saturated heterocycles. The number of anilines is 1. The third kappa shape index (κ3) is 2.31. The minimum atomic E-state index is -1.35. The Balaban J connectivity index is 2.30. The number of hydrogen-bond donors (Lipinski definition) is 3. The lowest BCUT2D eigenvalue weighted by molar-refractivity contribution is -0.118. The predicted octanol–water partition coefficient (Wildman–Crippen LogP) is -1.24. The Hall–Kier alpha value is -1.95. The Labute approximate surface area is 108 Å². The van der Waals surface area contributed by atoms with Crippen LogP contribution in [0.5, 0.6) is 0 Å². The van der Waals surface area contributed by atoms with Gasteiger partial charge in [0.1, 0.15) is 12.0 Å². The number of aromatic nitrogens is 2. The lowest BCUT2D eigenvalue weighted by Gasteiger charge is -2.24. The molecule has 3 atom stereocenters. The molecule has 0 aliphatic carbocycles. The van der Waals surface area contributed by atoms with Crippen LogP contribution in [-0.2, 0) is 4.74 Å². The van der Waals surface area contributed by atoms with Crippen LogP contribution in [0.2, 0.25) is 0 Å². The highest BCUT2D eigenvalue weighted by Gasteiger charge is 2.51. The average Bonchev–Trinajstić information content (AvgIpc) is 2.67. The van der Waals surface area contributed by atoms with Crippen molar-refractivity contribution in [1.29, 1.82) is 0 Å². The maximum Gasteiger partial charge on any atom is 0.351 e. The summed E-state index contributed by atoms with van der Waals surface area (Å²) in [5.41, 5.74) is 3.43. The fourth-order valence-electron chi connectivity index (χ4n) is 2.09. The first-order valence-electron chi connectivity index (χ1n) is 5.67. The molecule has 4 N–H and O–H groups in total. The second-order valence-corrected chi connectivity index (χ2v) is 4.41. The average molecular weight is 266 g/mol. The Morgan fingerprint density at radius 2 is 2.47 bits per heavy atom. The van der Waals surface area contributed by atoms with Gasteiger partial charge in [0.15, 0.2) is 5.60 Å². The van der Waals surface area contributed by atoms with Crippen molar-refractivity contribution >= 4 is 5.82 Å². The molecule has 0 amide bonds. The zero-order valence-corrected chi connectivity index (χ0v) is 10.1.